The van der Waals surface area contributed by atoms with Gasteiger partial charge < -0.3 is 13.7 Å². The highest BCUT2D eigenvalue weighted by Gasteiger charge is 2.36. The van der Waals surface area contributed by atoms with Gasteiger partial charge in [0.25, 0.3) is 0 Å². The van der Waals surface area contributed by atoms with Crippen LogP contribution in [0, 0.1) is 0 Å². The van der Waals surface area contributed by atoms with Gasteiger partial charge in [-0.2, -0.15) is 0 Å². The molecule has 0 unspecified atom stereocenters. The highest BCUT2D eigenvalue weighted by atomic mass is 16.6. The van der Waals surface area contributed by atoms with Crippen molar-refractivity contribution in [3.8, 4) is 0 Å². The smallest absolute Gasteiger partial charge is 0.494 e. The molecule has 0 bridgehead atoms. The Bertz CT molecular complexity index is 663. The molecule has 108 valence electrons. The van der Waals surface area contributed by atoms with Gasteiger partial charge in [0.05, 0.1) is 24.8 Å². The van der Waals surface area contributed by atoms with Crippen molar-refractivity contribution >= 4 is 35.5 Å². The maximum atomic E-state index is 11.9. The van der Waals surface area contributed by atoms with E-state index in [1.54, 1.807) is 11.0 Å². The van der Waals surface area contributed by atoms with Gasteiger partial charge in [-0.05, 0) is 12.6 Å². The Balaban J connectivity index is 1.90. The van der Waals surface area contributed by atoms with Crippen molar-refractivity contribution in [2.75, 3.05) is 19.6 Å². The number of carbonyl (C=O) groups excluding carboxylic acids is 2. The van der Waals surface area contributed by atoms with Crippen LogP contribution in [-0.2, 0) is 18.9 Å². The average Bonchev–Trinajstić information content (AvgIpc) is 2.88. The number of para-hydroxylation sites is 1. The van der Waals surface area contributed by atoms with Crippen LogP contribution in [0.15, 0.2) is 34.9 Å². The number of nitrogens with zero attached hydrogens (tertiary/aromatic N) is 1. The molecule has 0 atom stereocenters. The molecule has 1 aliphatic rings. The first-order valence-electron chi connectivity index (χ1n) is 6.75. The number of benzene rings is 1. The normalized spacial score (nSPS) is 17.3. The highest BCUT2D eigenvalue weighted by molar-refractivity contribution is 6.67. The fourth-order valence-electron chi connectivity index (χ4n) is 2.29. The fraction of sp³-hybridized carbons (Fsp3) is 0.286. The lowest BCUT2D eigenvalue weighted by atomic mass is 9.78. The molecule has 1 aliphatic heterocycles. The zero-order valence-electron chi connectivity index (χ0n) is 11.6. The van der Waals surface area contributed by atoms with E-state index in [1.807, 2.05) is 25.1 Å². The first-order chi connectivity index (χ1) is 10.2. The summed E-state index contributed by atoms with van der Waals surface area (Å²) in [5, 5.41) is 0.760. The summed E-state index contributed by atoms with van der Waals surface area (Å²) in [6, 6.07) is 7.30. The van der Waals surface area contributed by atoms with Gasteiger partial charge in [0.1, 0.15) is 5.58 Å². The molecule has 1 aromatic heterocycles. The quantitative estimate of drug-likeness (QED) is 0.751. The van der Waals surface area contributed by atoms with Crippen molar-refractivity contribution in [3.05, 3.63) is 30.5 Å². The van der Waals surface area contributed by atoms with Crippen LogP contribution < -0.4 is 5.46 Å². The molecular formula is C14H14BNO5. The minimum atomic E-state index is -1.06. The van der Waals surface area contributed by atoms with Gasteiger partial charge >= 0.3 is 19.1 Å². The largest absolute Gasteiger partial charge is 0.640 e. The average molecular weight is 287 g/mol. The van der Waals surface area contributed by atoms with Gasteiger partial charge in [-0.25, -0.2) is 0 Å². The summed E-state index contributed by atoms with van der Waals surface area (Å²) in [7, 11) is -1.06. The first-order valence-corrected chi connectivity index (χ1v) is 6.75. The van der Waals surface area contributed by atoms with E-state index in [4.69, 9.17) is 13.7 Å². The van der Waals surface area contributed by atoms with E-state index in [1.165, 1.54) is 6.26 Å². The van der Waals surface area contributed by atoms with E-state index in [2.05, 4.69) is 0 Å². The van der Waals surface area contributed by atoms with E-state index in [0.29, 0.717) is 17.6 Å². The third kappa shape index (κ3) is 2.78. The lowest BCUT2D eigenvalue weighted by molar-refractivity contribution is -0.145. The van der Waals surface area contributed by atoms with E-state index in [0.717, 1.165) is 5.39 Å². The molecule has 21 heavy (non-hydrogen) atoms. The minimum Gasteiger partial charge on any atom is -0.494 e. The Labute approximate surface area is 121 Å². The Morgan fingerprint density at radius 3 is 2.48 bits per heavy atom. The van der Waals surface area contributed by atoms with Crippen molar-refractivity contribution in [2.45, 2.75) is 6.92 Å². The topological polar surface area (TPSA) is 69.0 Å². The SMILES string of the molecule is CCN1CC(=O)OB(c2coc3ccccc23)OC(=O)C1. The van der Waals surface area contributed by atoms with Crippen molar-refractivity contribution in [1.82, 2.24) is 4.90 Å². The van der Waals surface area contributed by atoms with Gasteiger partial charge in [0.15, 0.2) is 0 Å². The monoisotopic (exact) mass is 287 g/mol. The lowest BCUT2D eigenvalue weighted by Crippen LogP contribution is -2.48. The Morgan fingerprint density at radius 2 is 1.81 bits per heavy atom. The standard InChI is InChI=1S/C14H14BNO5/c1-2-16-7-13(17)20-15(21-14(18)8-16)11-9-19-12-6-4-3-5-10(11)12/h3-6,9H,2,7-8H2,1H3. The summed E-state index contributed by atoms with van der Waals surface area (Å²) in [4.78, 5) is 25.4. The number of furan rings is 1. The minimum absolute atomic E-state index is 0.0673. The molecule has 0 spiro atoms. The molecule has 6 nitrogen and oxygen atoms in total. The van der Waals surface area contributed by atoms with Crippen LogP contribution in [0.3, 0.4) is 0 Å². The number of hydrogen-bond acceptors (Lipinski definition) is 6. The summed E-state index contributed by atoms with van der Waals surface area (Å²) >= 11 is 0. The Hall–Kier alpha value is -2.28. The summed E-state index contributed by atoms with van der Waals surface area (Å²) in [6.07, 6.45) is 1.45. The van der Waals surface area contributed by atoms with Gasteiger partial charge in [-0.15, -0.1) is 0 Å². The first kappa shape index (κ1) is 13.7. The van der Waals surface area contributed by atoms with E-state index < -0.39 is 19.1 Å². The van der Waals surface area contributed by atoms with Crippen molar-refractivity contribution in [3.63, 3.8) is 0 Å². The number of hydrogen-bond donors (Lipinski definition) is 0. The summed E-state index contributed by atoms with van der Waals surface area (Å²) in [5.41, 5.74) is 1.19. The number of likely N-dealkylation sites (N-methyl/N-ethyl adjacent to an activating group) is 1. The van der Waals surface area contributed by atoms with E-state index >= 15 is 0 Å². The molecule has 0 radical (unpaired) electrons. The van der Waals surface area contributed by atoms with Crippen LogP contribution in [-0.4, -0.2) is 43.6 Å². The van der Waals surface area contributed by atoms with E-state index in [-0.39, 0.29) is 13.1 Å². The van der Waals surface area contributed by atoms with Crippen LogP contribution in [0.4, 0.5) is 0 Å². The number of fused-ring (bicyclic) bond motifs is 1. The second kappa shape index (κ2) is 5.61. The molecule has 0 saturated carbocycles. The third-order valence-electron chi connectivity index (χ3n) is 3.39. The van der Waals surface area contributed by atoms with Crippen LogP contribution in [0.5, 0.6) is 0 Å². The molecule has 2 aromatic rings. The van der Waals surface area contributed by atoms with Gasteiger partial charge in [0.2, 0.25) is 0 Å². The van der Waals surface area contributed by atoms with Crippen LogP contribution in [0.1, 0.15) is 6.92 Å². The van der Waals surface area contributed by atoms with Crippen LogP contribution in [0.2, 0.25) is 0 Å². The summed E-state index contributed by atoms with van der Waals surface area (Å²) in [6.45, 7) is 2.57. The second-order valence-electron chi connectivity index (χ2n) is 4.80. The maximum absolute atomic E-state index is 11.9. The molecular weight excluding hydrogens is 273 g/mol. The second-order valence-corrected chi connectivity index (χ2v) is 4.80. The summed E-state index contributed by atoms with van der Waals surface area (Å²) in [5.74, 6) is -0.862. The molecule has 0 amide bonds. The highest BCUT2D eigenvalue weighted by Crippen LogP contribution is 2.14. The van der Waals surface area contributed by atoms with Gasteiger partial charge in [-0.1, -0.05) is 25.1 Å². The van der Waals surface area contributed by atoms with Crippen molar-refractivity contribution in [2.24, 2.45) is 0 Å². The van der Waals surface area contributed by atoms with Crippen LogP contribution in [0.25, 0.3) is 11.0 Å². The predicted molar refractivity (Wildman–Crippen MR) is 75.9 cm³/mol. The zero-order chi connectivity index (χ0) is 14.8. The molecule has 1 saturated heterocycles. The molecule has 3 rings (SSSR count). The molecule has 0 N–H and O–H groups in total. The Morgan fingerprint density at radius 1 is 1.14 bits per heavy atom. The molecule has 1 aromatic carbocycles. The van der Waals surface area contributed by atoms with Crippen molar-refractivity contribution in [1.29, 1.82) is 0 Å². The van der Waals surface area contributed by atoms with Gasteiger partial charge in [-0.3, -0.25) is 14.5 Å². The summed E-state index contributed by atoms with van der Waals surface area (Å²) < 4.78 is 15.9. The number of carbonyl (C=O) groups is 2. The van der Waals surface area contributed by atoms with E-state index in [9.17, 15) is 9.59 Å². The van der Waals surface area contributed by atoms with Crippen molar-refractivity contribution < 1.29 is 23.3 Å². The third-order valence-corrected chi connectivity index (χ3v) is 3.39. The Kier molecular flexibility index (Phi) is 3.66. The predicted octanol–water partition coefficient (Wildman–Crippen LogP) is 0.550. The molecule has 7 heteroatoms. The molecule has 1 fully saturated rings. The number of rotatable bonds is 2. The fourth-order valence-corrected chi connectivity index (χ4v) is 2.29. The lowest BCUT2D eigenvalue weighted by Gasteiger charge is -2.24. The van der Waals surface area contributed by atoms with Gasteiger partial charge in [0, 0.05) is 5.39 Å². The molecule has 2 heterocycles. The molecule has 0 aliphatic carbocycles. The maximum Gasteiger partial charge on any atom is 0.640 e. The van der Waals surface area contributed by atoms with Crippen LogP contribution >= 0.6 is 0 Å². The zero-order valence-corrected chi connectivity index (χ0v) is 11.6.